The molecule has 19 heavy (non-hydrogen) atoms. The van der Waals surface area contributed by atoms with Crippen LogP contribution in [0.3, 0.4) is 0 Å². The maximum atomic E-state index is 11.4. The lowest BCUT2D eigenvalue weighted by atomic mass is 9.85. The molecule has 0 aliphatic heterocycles. The van der Waals surface area contributed by atoms with Crippen molar-refractivity contribution in [2.24, 2.45) is 11.7 Å². The number of rotatable bonds is 2. The molecule has 5 nitrogen and oxygen atoms in total. The Labute approximate surface area is 115 Å². The molecule has 1 fully saturated rings. The molecule has 0 saturated heterocycles. The van der Waals surface area contributed by atoms with E-state index in [1.54, 1.807) is 0 Å². The van der Waals surface area contributed by atoms with Gasteiger partial charge in [-0.25, -0.2) is 9.97 Å². The fourth-order valence-corrected chi connectivity index (χ4v) is 3.10. The summed E-state index contributed by atoms with van der Waals surface area (Å²) in [4.78, 5) is 19.6. The first kappa shape index (κ1) is 12.4. The maximum Gasteiger partial charge on any atom is 0.220 e. The highest BCUT2D eigenvalue weighted by Gasteiger charge is 2.27. The van der Waals surface area contributed by atoms with Crippen LogP contribution in [0.1, 0.15) is 31.7 Å². The largest absolute Gasteiger partial charge is 0.369 e. The minimum Gasteiger partial charge on any atom is -0.369 e. The predicted octanol–water partition coefficient (Wildman–Crippen LogP) is 2.30. The lowest BCUT2D eigenvalue weighted by Crippen LogP contribution is -2.29. The highest BCUT2D eigenvalue weighted by molar-refractivity contribution is 6.33. The molecule has 2 aromatic heterocycles. The van der Waals surface area contributed by atoms with Crippen LogP contribution < -0.4 is 5.73 Å². The van der Waals surface area contributed by atoms with Crippen molar-refractivity contribution in [3.63, 3.8) is 0 Å². The second kappa shape index (κ2) is 4.81. The summed E-state index contributed by atoms with van der Waals surface area (Å²) in [5.41, 5.74) is 6.25. The van der Waals surface area contributed by atoms with Crippen molar-refractivity contribution in [2.45, 2.75) is 31.7 Å². The number of carbonyl (C=O) groups is 1. The molecule has 0 bridgehead atoms. The zero-order valence-electron chi connectivity index (χ0n) is 10.4. The van der Waals surface area contributed by atoms with Gasteiger partial charge in [-0.15, -0.1) is 0 Å². The molecule has 0 radical (unpaired) electrons. The van der Waals surface area contributed by atoms with Crippen molar-refractivity contribution in [1.82, 2.24) is 14.5 Å². The maximum absolute atomic E-state index is 11.4. The Morgan fingerprint density at radius 3 is 3.05 bits per heavy atom. The molecular formula is C13H15ClN4O. The van der Waals surface area contributed by atoms with Gasteiger partial charge in [0.15, 0.2) is 0 Å². The van der Waals surface area contributed by atoms with Gasteiger partial charge >= 0.3 is 0 Å². The summed E-state index contributed by atoms with van der Waals surface area (Å²) < 4.78 is 2.10. The monoisotopic (exact) mass is 278 g/mol. The average molecular weight is 279 g/mol. The standard InChI is InChI=1S/C13H15ClN4O/c14-11-10-4-5-18(13(10)17-7-16-11)9-3-1-2-8(6-9)12(15)19/h4-5,7-9H,1-3,6H2,(H2,15,19)/t8-,9+/m1/s1. The molecule has 100 valence electrons. The van der Waals surface area contributed by atoms with Crippen LogP contribution in [0, 0.1) is 5.92 Å². The number of hydrogen-bond donors (Lipinski definition) is 1. The molecule has 0 spiro atoms. The van der Waals surface area contributed by atoms with Crippen molar-refractivity contribution in [3.8, 4) is 0 Å². The number of amides is 1. The Morgan fingerprint density at radius 1 is 1.42 bits per heavy atom. The highest BCUT2D eigenvalue weighted by atomic mass is 35.5. The van der Waals surface area contributed by atoms with Crippen molar-refractivity contribution >= 4 is 28.5 Å². The Bertz CT molecular complexity index is 624. The summed E-state index contributed by atoms with van der Waals surface area (Å²) in [6.45, 7) is 0. The summed E-state index contributed by atoms with van der Waals surface area (Å²) in [6, 6.07) is 2.18. The van der Waals surface area contributed by atoms with Crippen LogP contribution in [-0.2, 0) is 4.79 Å². The zero-order valence-corrected chi connectivity index (χ0v) is 11.2. The molecule has 0 aromatic carbocycles. The van der Waals surface area contributed by atoms with E-state index in [1.165, 1.54) is 6.33 Å². The Morgan fingerprint density at radius 2 is 2.26 bits per heavy atom. The molecule has 6 heteroatoms. The van der Waals surface area contributed by atoms with Gasteiger partial charge in [0.1, 0.15) is 17.1 Å². The number of nitrogens with zero attached hydrogens (tertiary/aromatic N) is 3. The second-order valence-electron chi connectivity index (χ2n) is 5.04. The zero-order chi connectivity index (χ0) is 13.4. The number of halogens is 1. The van der Waals surface area contributed by atoms with Gasteiger partial charge in [-0.05, 0) is 25.3 Å². The first-order valence-electron chi connectivity index (χ1n) is 6.43. The van der Waals surface area contributed by atoms with Gasteiger partial charge < -0.3 is 10.3 Å². The molecule has 2 aromatic rings. The fourth-order valence-electron chi connectivity index (χ4n) is 2.91. The average Bonchev–Trinajstić information content (AvgIpc) is 2.84. The van der Waals surface area contributed by atoms with E-state index in [4.69, 9.17) is 17.3 Å². The topological polar surface area (TPSA) is 73.8 Å². The fraction of sp³-hybridized carbons (Fsp3) is 0.462. The van der Waals surface area contributed by atoms with Crippen LogP contribution >= 0.6 is 11.6 Å². The third kappa shape index (κ3) is 2.18. The summed E-state index contributed by atoms with van der Waals surface area (Å²) in [7, 11) is 0. The van der Waals surface area contributed by atoms with Crippen LogP contribution in [-0.4, -0.2) is 20.4 Å². The second-order valence-corrected chi connectivity index (χ2v) is 5.40. The number of carbonyl (C=O) groups excluding carboxylic acids is 1. The van der Waals surface area contributed by atoms with Gasteiger partial charge in [-0.1, -0.05) is 18.0 Å². The van der Waals surface area contributed by atoms with Crippen LogP contribution in [0.2, 0.25) is 5.15 Å². The van der Waals surface area contributed by atoms with Crippen molar-refractivity contribution < 1.29 is 4.79 Å². The minimum atomic E-state index is -0.200. The third-order valence-electron chi connectivity index (χ3n) is 3.90. The van der Waals surface area contributed by atoms with E-state index in [0.717, 1.165) is 36.7 Å². The van der Waals surface area contributed by atoms with E-state index in [9.17, 15) is 4.79 Å². The lowest BCUT2D eigenvalue weighted by molar-refractivity contribution is -0.123. The molecule has 2 N–H and O–H groups in total. The van der Waals surface area contributed by atoms with Crippen molar-refractivity contribution in [1.29, 1.82) is 0 Å². The molecule has 1 aliphatic rings. The van der Waals surface area contributed by atoms with Crippen molar-refractivity contribution in [2.75, 3.05) is 0 Å². The Balaban J connectivity index is 1.96. The predicted molar refractivity (Wildman–Crippen MR) is 72.7 cm³/mol. The lowest BCUT2D eigenvalue weighted by Gasteiger charge is -2.28. The first-order valence-corrected chi connectivity index (χ1v) is 6.81. The van der Waals surface area contributed by atoms with Gasteiger partial charge in [-0.2, -0.15) is 0 Å². The molecule has 0 unspecified atom stereocenters. The van der Waals surface area contributed by atoms with Gasteiger partial charge in [0.05, 0.1) is 5.39 Å². The van der Waals surface area contributed by atoms with Crippen molar-refractivity contribution in [3.05, 3.63) is 23.7 Å². The van der Waals surface area contributed by atoms with E-state index in [-0.39, 0.29) is 17.9 Å². The number of hydrogen-bond acceptors (Lipinski definition) is 3. The Hall–Kier alpha value is -1.62. The number of aromatic nitrogens is 3. The normalized spacial score (nSPS) is 23.6. The number of primary amides is 1. The number of nitrogens with two attached hydrogens (primary N) is 1. The van der Waals surface area contributed by atoms with Crippen LogP contribution in [0.15, 0.2) is 18.6 Å². The van der Waals surface area contributed by atoms with E-state index < -0.39 is 0 Å². The van der Waals surface area contributed by atoms with Crippen LogP contribution in [0.5, 0.6) is 0 Å². The molecule has 3 rings (SSSR count). The van der Waals surface area contributed by atoms with Gasteiger partial charge in [0.25, 0.3) is 0 Å². The third-order valence-corrected chi connectivity index (χ3v) is 4.20. The summed E-state index contributed by atoms with van der Waals surface area (Å²) in [6.07, 6.45) is 7.16. The molecule has 2 heterocycles. The van der Waals surface area contributed by atoms with Crippen LogP contribution in [0.4, 0.5) is 0 Å². The van der Waals surface area contributed by atoms with Crippen LogP contribution in [0.25, 0.3) is 11.0 Å². The Kier molecular flexibility index (Phi) is 3.14. The van der Waals surface area contributed by atoms with E-state index in [1.807, 2.05) is 12.3 Å². The minimum absolute atomic E-state index is 0.0338. The van der Waals surface area contributed by atoms with Gasteiger partial charge in [0.2, 0.25) is 5.91 Å². The first-order chi connectivity index (χ1) is 9.16. The SMILES string of the molecule is NC(=O)[C@@H]1CCC[C@H](n2ccc3c(Cl)ncnc32)C1. The molecule has 1 aliphatic carbocycles. The summed E-state index contributed by atoms with van der Waals surface area (Å²) in [5, 5.41) is 1.32. The van der Waals surface area contributed by atoms with E-state index in [2.05, 4.69) is 14.5 Å². The van der Waals surface area contributed by atoms with E-state index >= 15 is 0 Å². The quantitative estimate of drug-likeness (QED) is 0.857. The smallest absolute Gasteiger partial charge is 0.220 e. The molecular weight excluding hydrogens is 264 g/mol. The summed E-state index contributed by atoms with van der Waals surface area (Å²) in [5.74, 6) is -0.234. The molecule has 2 atom stereocenters. The van der Waals surface area contributed by atoms with Gasteiger partial charge in [-0.3, -0.25) is 4.79 Å². The molecule has 1 saturated carbocycles. The highest BCUT2D eigenvalue weighted by Crippen LogP contribution is 2.35. The van der Waals surface area contributed by atoms with Gasteiger partial charge in [0, 0.05) is 18.2 Å². The summed E-state index contributed by atoms with van der Waals surface area (Å²) >= 11 is 6.05. The number of fused-ring (bicyclic) bond motifs is 1. The van der Waals surface area contributed by atoms with E-state index in [0.29, 0.717) is 5.15 Å². The molecule has 1 amide bonds.